The SMILES string of the molecule is Cc1cc(-c2nn(-c3ccccc3)cc2CNc2oc(-c3ccc(Cl)cc3)nc2C#N)ccc1OCCC(C)C. The molecule has 0 fully saturated rings. The fourth-order valence-corrected chi connectivity index (χ4v) is 4.39. The Morgan fingerprint density at radius 2 is 1.80 bits per heavy atom. The molecule has 0 aliphatic rings. The van der Waals surface area contributed by atoms with Gasteiger partial charge in [0.25, 0.3) is 0 Å². The summed E-state index contributed by atoms with van der Waals surface area (Å²) in [5, 5.41) is 18.5. The zero-order valence-electron chi connectivity index (χ0n) is 22.7. The molecule has 0 bridgehead atoms. The standard InChI is InChI=1S/C32H30ClN5O2/c1-21(2)15-16-39-29-14-11-24(17-22(29)3)30-25(20-38(37-30)27-7-5-4-6-8-27)19-35-32-28(18-34)36-31(40-32)23-9-12-26(33)13-10-23/h4-14,17,20-21,35H,15-16,19H2,1-3H3. The maximum absolute atomic E-state index is 9.69. The van der Waals surface area contributed by atoms with Crippen LogP contribution in [-0.4, -0.2) is 21.4 Å². The van der Waals surface area contributed by atoms with Gasteiger partial charge in [-0.25, -0.2) is 4.68 Å². The maximum atomic E-state index is 9.69. The molecular weight excluding hydrogens is 522 g/mol. The lowest BCUT2D eigenvalue weighted by Gasteiger charge is -2.12. The second-order valence-corrected chi connectivity index (χ2v) is 10.4. The van der Waals surface area contributed by atoms with Gasteiger partial charge in [0.1, 0.15) is 11.8 Å². The molecule has 3 aromatic carbocycles. The number of halogens is 1. The third-order valence-corrected chi connectivity index (χ3v) is 6.73. The van der Waals surface area contributed by atoms with E-state index in [4.69, 9.17) is 25.9 Å². The third kappa shape index (κ3) is 6.19. The molecule has 2 heterocycles. The summed E-state index contributed by atoms with van der Waals surface area (Å²) in [7, 11) is 0. The maximum Gasteiger partial charge on any atom is 0.232 e. The molecule has 0 saturated heterocycles. The minimum absolute atomic E-state index is 0.181. The van der Waals surface area contributed by atoms with Crippen LogP contribution in [0.2, 0.25) is 5.02 Å². The highest BCUT2D eigenvalue weighted by Crippen LogP contribution is 2.31. The molecule has 5 aromatic rings. The zero-order chi connectivity index (χ0) is 28.1. The summed E-state index contributed by atoms with van der Waals surface area (Å²) >= 11 is 6.01. The van der Waals surface area contributed by atoms with Crippen LogP contribution in [0.25, 0.3) is 28.4 Å². The van der Waals surface area contributed by atoms with E-state index in [1.807, 2.05) is 60.3 Å². The monoisotopic (exact) mass is 551 g/mol. The van der Waals surface area contributed by atoms with Crippen molar-refractivity contribution in [2.24, 2.45) is 5.92 Å². The summed E-state index contributed by atoms with van der Waals surface area (Å²) in [6.07, 6.45) is 2.99. The van der Waals surface area contributed by atoms with Gasteiger partial charge in [0.05, 0.1) is 18.0 Å². The van der Waals surface area contributed by atoms with Crippen molar-refractivity contribution in [1.29, 1.82) is 5.26 Å². The van der Waals surface area contributed by atoms with Gasteiger partial charge in [-0.1, -0.05) is 43.6 Å². The first kappa shape index (κ1) is 27.0. The van der Waals surface area contributed by atoms with Crippen LogP contribution in [0, 0.1) is 24.2 Å². The van der Waals surface area contributed by atoms with Crippen molar-refractivity contribution in [2.75, 3.05) is 11.9 Å². The summed E-state index contributed by atoms with van der Waals surface area (Å²) in [6.45, 7) is 7.49. The van der Waals surface area contributed by atoms with E-state index in [0.29, 0.717) is 35.9 Å². The lowest BCUT2D eigenvalue weighted by molar-refractivity contribution is 0.288. The van der Waals surface area contributed by atoms with Crippen LogP contribution in [-0.2, 0) is 6.54 Å². The minimum atomic E-state index is 0.181. The molecule has 0 saturated carbocycles. The van der Waals surface area contributed by atoms with Gasteiger partial charge in [-0.3, -0.25) is 0 Å². The van der Waals surface area contributed by atoms with E-state index in [1.54, 1.807) is 24.3 Å². The van der Waals surface area contributed by atoms with Gasteiger partial charge in [-0.15, -0.1) is 0 Å². The fourth-order valence-electron chi connectivity index (χ4n) is 4.27. The normalized spacial score (nSPS) is 11.0. The van der Waals surface area contributed by atoms with Crippen LogP contribution >= 0.6 is 11.6 Å². The van der Waals surface area contributed by atoms with Gasteiger partial charge in [-0.2, -0.15) is 15.3 Å². The van der Waals surface area contributed by atoms with Crippen LogP contribution in [0.3, 0.4) is 0 Å². The van der Waals surface area contributed by atoms with Gasteiger partial charge in [0.2, 0.25) is 17.5 Å². The Kier molecular flexibility index (Phi) is 8.18. The number of nitrogens with one attached hydrogen (secondary N) is 1. The van der Waals surface area contributed by atoms with Gasteiger partial charge in [0, 0.05) is 34.5 Å². The van der Waals surface area contributed by atoms with Crippen molar-refractivity contribution in [3.63, 3.8) is 0 Å². The van der Waals surface area contributed by atoms with E-state index in [-0.39, 0.29) is 5.69 Å². The number of hydrogen-bond acceptors (Lipinski definition) is 6. The van der Waals surface area contributed by atoms with Crippen LogP contribution < -0.4 is 10.1 Å². The van der Waals surface area contributed by atoms with Crippen LogP contribution in [0.1, 0.15) is 37.1 Å². The summed E-state index contributed by atoms with van der Waals surface area (Å²) < 4.78 is 13.8. The molecule has 0 atom stereocenters. The Hall–Kier alpha value is -4.54. The van der Waals surface area contributed by atoms with E-state index in [9.17, 15) is 5.26 Å². The zero-order valence-corrected chi connectivity index (χ0v) is 23.4. The molecule has 2 aromatic heterocycles. The molecule has 0 spiro atoms. The van der Waals surface area contributed by atoms with Gasteiger partial charge < -0.3 is 14.5 Å². The Morgan fingerprint density at radius 3 is 2.50 bits per heavy atom. The lowest BCUT2D eigenvalue weighted by atomic mass is 10.0. The molecule has 7 nitrogen and oxygen atoms in total. The van der Waals surface area contributed by atoms with Crippen molar-refractivity contribution in [1.82, 2.24) is 14.8 Å². The predicted octanol–water partition coefficient (Wildman–Crippen LogP) is 8.06. The summed E-state index contributed by atoms with van der Waals surface area (Å²) in [6, 6.07) is 25.3. The van der Waals surface area contributed by atoms with E-state index >= 15 is 0 Å². The van der Waals surface area contributed by atoms with Crippen molar-refractivity contribution in [2.45, 2.75) is 33.7 Å². The average Bonchev–Trinajstić information content (AvgIpc) is 3.58. The van der Waals surface area contributed by atoms with Gasteiger partial charge >= 0.3 is 0 Å². The summed E-state index contributed by atoms with van der Waals surface area (Å²) in [5.74, 6) is 2.11. The number of aromatic nitrogens is 3. The molecule has 0 amide bonds. The molecule has 8 heteroatoms. The Labute approximate surface area is 239 Å². The molecular formula is C32H30ClN5O2. The largest absolute Gasteiger partial charge is 0.493 e. The Bertz CT molecular complexity index is 1630. The van der Waals surface area contributed by atoms with Crippen LogP contribution in [0.15, 0.2) is 83.4 Å². The molecule has 0 aliphatic carbocycles. The Morgan fingerprint density at radius 1 is 1.05 bits per heavy atom. The molecule has 0 radical (unpaired) electrons. The number of aryl methyl sites for hydroxylation is 1. The Balaban J connectivity index is 1.44. The van der Waals surface area contributed by atoms with Gasteiger partial charge in [-0.05, 0) is 79.4 Å². The average molecular weight is 552 g/mol. The van der Waals surface area contributed by atoms with E-state index < -0.39 is 0 Å². The third-order valence-electron chi connectivity index (χ3n) is 6.48. The second-order valence-electron chi connectivity index (χ2n) is 9.96. The summed E-state index contributed by atoms with van der Waals surface area (Å²) in [5.41, 5.74) is 5.64. The number of nitrogens with zero attached hydrogens (tertiary/aromatic N) is 4. The van der Waals surface area contributed by atoms with Crippen molar-refractivity contribution in [3.05, 3.63) is 101 Å². The minimum Gasteiger partial charge on any atom is -0.493 e. The van der Waals surface area contributed by atoms with Crippen LogP contribution in [0.5, 0.6) is 5.75 Å². The van der Waals surface area contributed by atoms with Crippen LogP contribution in [0.4, 0.5) is 5.88 Å². The van der Waals surface area contributed by atoms with E-state index in [0.717, 1.165) is 45.8 Å². The fraction of sp³-hybridized carbons (Fsp3) is 0.219. The van der Waals surface area contributed by atoms with E-state index in [2.05, 4.69) is 36.3 Å². The van der Waals surface area contributed by atoms with E-state index in [1.165, 1.54) is 0 Å². The highest BCUT2D eigenvalue weighted by Gasteiger charge is 2.18. The number of benzene rings is 3. The quantitative estimate of drug-likeness (QED) is 0.189. The topological polar surface area (TPSA) is 88.9 Å². The highest BCUT2D eigenvalue weighted by atomic mass is 35.5. The molecule has 40 heavy (non-hydrogen) atoms. The first-order chi connectivity index (χ1) is 19.4. The number of oxazole rings is 1. The number of ether oxygens (including phenoxy) is 1. The number of para-hydroxylation sites is 1. The van der Waals surface area contributed by atoms with Gasteiger partial charge in [0.15, 0.2) is 0 Å². The first-order valence-corrected chi connectivity index (χ1v) is 13.6. The smallest absolute Gasteiger partial charge is 0.232 e. The number of hydrogen-bond donors (Lipinski definition) is 1. The van der Waals surface area contributed by atoms with Crippen molar-refractivity contribution in [3.8, 4) is 40.2 Å². The van der Waals surface area contributed by atoms with Crippen molar-refractivity contribution >= 4 is 17.5 Å². The molecule has 0 aliphatic heterocycles. The lowest BCUT2D eigenvalue weighted by Crippen LogP contribution is -2.03. The number of anilines is 1. The molecule has 1 N–H and O–H groups in total. The highest BCUT2D eigenvalue weighted by molar-refractivity contribution is 6.30. The summed E-state index contributed by atoms with van der Waals surface area (Å²) in [4.78, 5) is 4.36. The van der Waals surface area contributed by atoms with Crippen molar-refractivity contribution < 1.29 is 9.15 Å². The molecule has 0 unspecified atom stereocenters. The first-order valence-electron chi connectivity index (χ1n) is 13.2. The molecule has 5 rings (SSSR count). The predicted molar refractivity (Wildman–Crippen MR) is 158 cm³/mol. The number of rotatable bonds is 10. The second kappa shape index (κ2) is 12.1. The number of nitriles is 1. The molecule has 202 valence electrons.